The highest BCUT2D eigenvalue weighted by molar-refractivity contribution is 7.91. The van der Waals surface area contributed by atoms with E-state index in [1.807, 2.05) is 11.8 Å². The van der Waals surface area contributed by atoms with E-state index in [4.69, 9.17) is 5.73 Å². The molecule has 1 saturated carbocycles. The molecule has 110 valence electrons. The normalized spacial score (nSPS) is 27.4. The number of hydrogen-bond donors (Lipinski definition) is 2. The molecule has 1 aliphatic heterocycles. The third-order valence-electron chi connectivity index (χ3n) is 3.83. The van der Waals surface area contributed by atoms with Gasteiger partial charge >= 0.3 is 0 Å². The van der Waals surface area contributed by atoms with Crippen molar-refractivity contribution in [2.24, 2.45) is 5.73 Å². The van der Waals surface area contributed by atoms with Gasteiger partial charge in [-0.25, -0.2) is 8.42 Å². The number of primary amides is 1. The molecule has 2 rings (SSSR count). The summed E-state index contributed by atoms with van der Waals surface area (Å²) in [6, 6.07) is 0.383. The Morgan fingerprint density at radius 2 is 2.05 bits per heavy atom. The topological polar surface area (TPSA) is 92.5 Å². The predicted molar refractivity (Wildman–Crippen MR) is 73.5 cm³/mol. The minimum atomic E-state index is -2.92. The molecule has 2 aliphatic rings. The zero-order chi connectivity index (χ0) is 14.1. The molecule has 19 heavy (non-hydrogen) atoms. The van der Waals surface area contributed by atoms with Gasteiger partial charge < -0.3 is 5.73 Å². The molecule has 1 unspecified atom stereocenters. The highest BCUT2D eigenvalue weighted by Crippen LogP contribution is 2.23. The highest BCUT2D eigenvalue weighted by Gasteiger charge is 2.38. The van der Waals surface area contributed by atoms with E-state index in [1.54, 1.807) is 0 Å². The molecule has 0 aromatic rings. The lowest BCUT2D eigenvalue weighted by Gasteiger charge is -2.33. The van der Waals surface area contributed by atoms with Crippen molar-refractivity contribution in [3.63, 3.8) is 0 Å². The Morgan fingerprint density at radius 1 is 1.37 bits per heavy atom. The highest BCUT2D eigenvalue weighted by atomic mass is 32.2. The first kappa shape index (κ1) is 14.7. The smallest absolute Gasteiger partial charge is 0.238 e. The summed E-state index contributed by atoms with van der Waals surface area (Å²) in [7, 11) is -2.92. The molecule has 1 heterocycles. The van der Waals surface area contributed by atoms with Crippen molar-refractivity contribution < 1.29 is 13.2 Å². The van der Waals surface area contributed by atoms with Gasteiger partial charge in [0.25, 0.3) is 0 Å². The van der Waals surface area contributed by atoms with Crippen LogP contribution < -0.4 is 11.1 Å². The summed E-state index contributed by atoms with van der Waals surface area (Å²) in [4.78, 5) is 13.7. The van der Waals surface area contributed by atoms with E-state index in [9.17, 15) is 13.2 Å². The van der Waals surface area contributed by atoms with Gasteiger partial charge in [-0.05, 0) is 32.7 Å². The van der Waals surface area contributed by atoms with E-state index >= 15 is 0 Å². The van der Waals surface area contributed by atoms with Gasteiger partial charge in [0.05, 0.1) is 11.5 Å². The molecule has 0 aromatic heterocycles. The monoisotopic (exact) mass is 289 g/mol. The van der Waals surface area contributed by atoms with Crippen LogP contribution in [0, 0.1) is 0 Å². The molecule has 2 fully saturated rings. The fraction of sp³-hybridized carbons (Fsp3) is 0.917. The number of rotatable bonds is 5. The van der Waals surface area contributed by atoms with Gasteiger partial charge in [-0.2, -0.15) is 0 Å². The molecule has 3 N–H and O–H groups in total. The Labute approximate surface area is 114 Å². The standard InChI is InChI=1S/C12H23N3O3S/c1-12(11(13)16,14-10-3-4-10)9-15-5-2-7-19(17,18)8-6-15/h10,14H,2-9H2,1H3,(H2,13,16). The summed E-state index contributed by atoms with van der Waals surface area (Å²) in [5.41, 5.74) is 4.74. The molecule has 1 saturated heterocycles. The van der Waals surface area contributed by atoms with Gasteiger partial charge in [0, 0.05) is 19.1 Å². The summed E-state index contributed by atoms with van der Waals surface area (Å²) in [5, 5.41) is 3.29. The Morgan fingerprint density at radius 3 is 2.63 bits per heavy atom. The van der Waals surface area contributed by atoms with Crippen LogP contribution in [0.5, 0.6) is 0 Å². The van der Waals surface area contributed by atoms with Crippen LogP contribution in [0.2, 0.25) is 0 Å². The number of hydrogen-bond acceptors (Lipinski definition) is 5. The van der Waals surface area contributed by atoms with Crippen LogP contribution in [-0.4, -0.2) is 61.9 Å². The zero-order valence-corrected chi connectivity index (χ0v) is 12.2. The van der Waals surface area contributed by atoms with Crippen molar-refractivity contribution in [1.82, 2.24) is 10.2 Å². The first-order chi connectivity index (χ1) is 8.81. The van der Waals surface area contributed by atoms with Crippen molar-refractivity contribution in [1.29, 1.82) is 0 Å². The van der Waals surface area contributed by atoms with Gasteiger partial charge in [-0.15, -0.1) is 0 Å². The molecular weight excluding hydrogens is 266 g/mol. The lowest BCUT2D eigenvalue weighted by molar-refractivity contribution is -0.124. The second-order valence-corrected chi connectivity index (χ2v) is 8.20. The van der Waals surface area contributed by atoms with E-state index in [1.165, 1.54) is 0 Å². The average Bonchev–Trinajstić information content (AvgIpc) is 3.09. The second-order valence-electron chi connectivity index (χ2n) is 5.90. The molecule has 0 bridgehead atoms. The summed E-state index contributed by atoms with van der Waals surface area (Å²) in [5.74, 6) is 0.0458. The number of carbonyl (C=O) groups is 1. The molecule has 6 nitrogen and oxygen atoms in total. The van der Waals surface area contributed by atoms with Crippen LogP contribution in [0.3, 0.4) is 0 Å². The first-order valence-electron chi connectivity index (χ1n) is 6.81. The Bertz CT molecular complexity index is 447. The van der Waals surface area contributed by atoms with Crippen LogP contribution in [0.4, 0.5) is 0 Å². The predicted octanol–water partition coefficient (Wildman–Crippen LogP) is -0.897. The summed E-state index contributed by atoms with van der Waals surface area (Å²) in [6.07, 6.45) is 2.79. The SMILES string of the molecule is CC(CN1CCCS(=O)(=O)CC1)(NC1CC1)C(N)=O. The summed E-state index contributed by atoms with van der Waals surface area (Å²) in [6.45, 7) is 3.48. The third-order valence-corrected chi connectivity index (χ3v) is 5.55. The molecule has 0 aromatic carbocycles. The van der Waals surface area contributed by atoms with Crippen LogP contribution >= 0.6 is 0 Å². The maximum Gasteiger partial charge on any atom is 0.238 e. The lowest BCUT2D eigenvalue weighted by Crippen LogP contribution is -2.60. The average molecular weight is 289 g/mol. The largest absolute Gasteiger partial charge is 0.368 e. The van der Waals surface area contributed by atoms with Crippen molar-refractivity contribution in [3.8, 4) is 0 Å². The van der Waals surface area contributed by atoms with Gasteiger partial charge in [-0.1, -0.05) is 0 Å². The maximum absolute atomic E-state index is 11.7. The molecule has 7 heteroatoms. The van der Waals surface area contributed by atoms with Gasteiger partial charge in [0.2, 0.25) is 5.91 Å². The van der Waals surface area contributed by atoms with E-state index in [0.29, 0.717) is 32.1 Å². The number of nitrogens with one attached hydrogen (secondary N) is 1. The number of sulfone groups is 1. The van der Waals surface area contributed by atoms with Crippen LogP contribution in [0.1, 0.15) is 26.2 Å². The number of amides is 1. The maximum atomic E-state index is 11.7. The van der Waals surface area contributed by atoms with Crippen molar-refractivity contribution in [3.05, 3.63) is 0 Å². The molecule has 0 radical (unpaired) electrons. The molecule has 1 amide bonds. The zero-order valence-electron chi connectivity index (χ0n) is 11.4. The number of carbonyl (C=O) groups excluding carboxylic acids is 1. The fourth-order valence-electron chi connectivity index (χ4n) is 2.47. The Hall–Kier alpha value is -0.660. The Balaban J connectivity index is 1.98. The van der Waals surface area contributed by atoms with E-state index in [0.717, 1.165) is 12.8 Å². The summed E-state index contributed by atoms with van der Waals surface area (Å²) < 4.78 is 23.1. The molecule has 1 aliphatic carbocycles. The summed E-state index contributed by atoms with van der Waals surface area (Å²) >= 11 is 0. The van der Waals surface area contributed by atoms with Gasteiger partial charge in [-0.3, -0.25) is 15.0 Å². The van der Waals surface area contributed by atoms with Crippen molar-refractivity contribution in [2.75, 3.05) is 31.1 Å². The van der Waals surface area contributed by atoms with Crippen LogP contribution in [0.25, 0.3) is 0 Å². The molecule has 0 spiro atoms. The second kappa shape index (κ2) is 5.38. The van der Waals surface area contributed by atoms with E-state index in [2.05, 4.69) is 5.32 Å². The molecule has 1 atom stereocenters. The first-order valence-corrected chi connectivity index (χ1v) is 8.63. The van der Waals surface area contributed by atoms with Gasteiger partial charge in [0.1, 0.15) is 5.54 Å². The van der Waals surface area contributed by atoms with Crippen molar-refractivity contribution >= 4 is 15.7 Å². The van der Waals surface area contributed by atoms with Crippen molar-refractivity contribution in [2.45, 2.75) is 37.8 Å². The molecular formula is C12H23N3O3S. The van der Waals surface area contributed by atoms with Crippen LogP contribution in [-0.2, 0) is 14.6 Å². The Kier molecular flexibility index (Phi) is 4.17. The quantitative estimate of drug-likeness (QED) is 0.684. The van der Waals surface area contributed by atoms with Crippen LogP contribution in [0.15, 0.2) is 0 Å². The minimum Gasteiger partial charge on any atom is -0.368 e. The van der Waals surface area contributed by atoms with Gasteiger partial charge in [0.15, 0.2) is 9.84 Å². The van der Waals surface area contributed by atoms with E-state index in [-0.39, 0.29) is 17.4 Å². The fourth-order valence-corrected chi connectivity index (χ4v) is 3.78. The number of nitrogens with two attached hydrogens (primary N) is 1. The van der Waals surface area contributed by atoms with E-state index < -0.39 is 15.4 Å². The third kappa shape index (κ3) is 4.15. The number of nitrogens with zero attached hydrogens (tertiary/aromatic N) is 1. The lowest BCUT2D eigenvalue weighted by atomic mass is 10.0. The minimum absolute atomic E-state index is 0.172.